The van der Waals surface area contributed by atoms with Gasteiger partial charge in [0.15, 0.2) is 11.5 Å². The maximum atomic E-state index is 12.0. The third kappa shape index (κ3) is 2.78. The van der Waals surface area contributed by atoms with Crippen LogP contribution in [0.4, 0.5) is 5.82 Å². The second-order valence-corrected chi connectivity index (χ2v) is 3.64. The summed E-state index contributed by atoms with van der Waals surface area (Å²) in [6.07, 6.45) is 2.88. The fourth-order valence-electron chi connectivity index (χ4n) is 1.63. The molecule has 0 radical (unpaired) electrons. The zero-order valence-corrected chi connectivity index (χ0v) is 15.5. The van der Waals surface area contributed by atoms with Crippen molar-refractivity contribution >= 4 is 22.9 Å². The third-order valence-corrected chi connectivity index (χ3v) is 2.49. The Hall–Kier alpha value is -1.82. The van der Waals surface area contributed by atoms with Gasteiger partial charge in [0, 0.05) is 33.2 Å². The number of nitrogens with zero attached hydrogens (tertiary/aromatic N) is 3. The summed E-state index contributed by atoms with van der Waals surface area (Å²) in [5.41, 5.74) is 1.71. The van der Waals surface area contributed by atoms with Crippen LogP contribution in [-0.4, -0.2) is 25.8 Å². The first kappa shape index (κ1) is 13.6. The van der Waals surface area contributed by atoms with E-state index in [0.717, 1.165) is 0 Å². The average Bonchev–Trinajstić information content (AvgIpc) is 2.89. The Kier molecular flexibility index (Phi) is 4.21. The van der Waals surface area contributed by atoms with E-state index in [4.69, 9.17) is 0 Å². The van der Waals surface area contributed by atoms with Gasteiger partial charge in [-0.25, -0.2) is 15.0 Å². The van der Waals surface area contributed by atoms with Crippen LogP contribution >= 0.6 is 0 Å². The number of hydrogen-bond acceptors (Lipinski definition) is 4. The number of rotatable bonds is 2. The molecule has 1 amide bonds. The molecule has 0 atom stereocenters. The van der Waals surface area contributed by atoms with E-state index in [9.17, 15) is 4.79 Å². The first-order valence-electron chi connectivity index (χ1n) is 5.35. The number of H-pyrrole nitrogens is 1. The molecule has 0 saturated carbocycles. The Morgan fingerprint density at radius 3 is 2.68 bits per heavy atom. The van der Waals surface area contributed by atoms with E-state index in [1.54, 1.807) is 24.3 Å². The van der Waals surface area contributed by atoms with Crippen LogP contribution < -0.4 is 5.32 Å². The number of benzene rings is 1. The van der Waals surface area contributed by atoms with E-state index in [1.807, 2.05) is 6.07 Å². The van der Waals surface area contributed by atoms with Gasteiger partial charge >= 0.3 is 0 Å². The average molecular weight is 440 g/mol. The zero-order chi connectivity index (χ0) is 12.4. The molecule has 3 rings (SSSR count). The fourth-order valence-corrected chi connectivity index (χ4v) is 1.63. The van der Waals surface area contributed by atoms with Gasteiger partial charge in [0.05, 0.1) is 6.33 Å². The minimum atomic E-state index is -0.217. The summed E-state index contributed by atoms with van der Waals surface area (Å²) in [7, 11) is 0. The maximum Gasteiger partial charge on any atom is 0.256 e. The van der Waals surface area contributed by atoms with Crippen molar-refractivity contribution in [3.05, 3.63) is 48.5 Å². The molecule has 0 bridgehead atoms. The summed E-state index contributed by atoms with van der Waals surface area (Å²) >= 11 is 0. The number of carbonyl (C=O) groups excluding carboxylic acids is 1. The molecule has 0 spiro atoms. The van der Waals surface area contributed by atoms with Crippen LogP contribution in [0.1, 0.15) is 10.4 Å². The minimum Gasteiger partial charge on any atom is -0.340 e. The van der Waals surface area contributed by atoms with Gasteiger partial charge in [0.2, 0.25) is 0 Å². The number of aromatic nitrogens is 4. The molecule has 19 heavy (non-hydrogen) atoms. The van der Waals surface area contributed by atoms with Crippen LogP contribution in [0.5, 0.6) is 0 Å². The minimum absolute atomic E-state index is 0. The Labute approximate surface area is 129 Å². The van der Waals surface area contributed by atoms with Gasteiger partial charge in [-0.3, -0.25) is 4.79 Å². The Bertz CT molecular complexity index is 697. The molecule has 0 aliphatic heterocycles. The second kappa shape index (κ2) is 5.88. The number of nitrogens with one attached hydrogen (secondary N) is 2. The number of fused-ring (bicyclic) bond motifs is 1. The summed E-state index contributed by atoms with van der Waals surface area (Å²) < 4.78 is 0. The first-order chi connectivity index (χ1) is 8.84. The van der Waals surface area contributed by atoms with Gasteiger partial charge in [0.1, 0.15) is 11.8 Å². The zero-order valence-electron chi connectivity index (χ0n) is 10.00. The molecule has 6 nitrogen and oxygen atoms in total. The first-order valence-corrected chi connectivity index (χ1v) is 5.35. The number of carbonyl (C=O) groups is 1. The predicted octanol–water partition coefficient (Wildman–Crippen LogP) is 1.60. The van der Waals surface area contributed by atoms with Crippen LogP contribution in [0, 0.1) is 0 Å². The van der Waals surface area contributed by atoms with E-state index in [2.05, 4.69) is 25.3 Å². The van der Waals surface area contributed by atoms with Crippen LogP contribution in [0.25, 0.3) is 11.2 Å². The van der Waals surface area contributed by atoms with Crippen LogP contribution in [-0.2, 0) is 27.7 Å². The maximum absolute atomic E-state index is 12.0. The quantitative estimate of drug-likeness (QED) is 0.594. The summed E-state index contributed by atoms with van der Waals surface area (Å²) in [6.45, 7) is 0. The van der Waals surface area contributed by atoms with Gasteiger partial charge < -0.3 is 10.3 Å². The second-order valence-electron chi connectivity index (χ2n) is 3.64. The van der Waals surface area contributed by atoms with E-state index in [1.165, 1.54) is 12.7 Å². The van der Waals surface area contributed by atoms with Crippen LogP contribution in [0.3, 0.4) is 0 Å². The molecule has 0 aliphatic carbocycles. The number of aromatic amines is 1. The summed E-state index contributed by atoms with van der Waals surface area (Å²) in [5.74, 6) is 0.205. The number of imidazole rings is 1. The van der Waals surface area contributed by atoms with Crippen molar-refractivity contribution in [2.75, 3.05) is 5.32 Å². The summed E-state index contributed by atoms with van der Waals surface area (Å²) in [6, 6.07) is 8.94. The van der Waals surface area contributed by atoms with Gasteiger partial charge in [-0.1, -0.05) is 18.2 Å². The third-order valence-electron chi connectivity index (χ3n) is 2.49. The monoisotopic (exact) mass is 441 g/mol. The van der Waals surface area contributed by atoms with Gasteiger partial charge in [-0.05, 0) is 12.1 Å². The molecular weight excluding hydrogens is 431 g/mol. The Morgan fingerprint density at radius 1 is 1.11 bits per heavy atom. The molecule has 0 unspecified atom stereocenters. The molecule has 2 heterocycles. The number of hydrogen-bond donors (Lipinski definition) is 2. The fraction of sp³-hybridized carbons (Fsp3) is 0. The number of anilines is 1. The molecule has 2 N–H and O–H groups in total. The van der Waals surface area contributed by atoms with Crippen molar-refractivity contribution in [3.63, 3.8) is 0 Å². The van der Waals surface area contributed by atoms with Crippen molar-refractivity contribution in [2.24, 2.45) is 0 Å². The van der Waals surface area contributed by atoms with E-state index in [-0.39, 0.29) is 33.6 Å². The normalized spacial score (nSPS) is 9.89. The number of amides is 1. The largest absolute Gasteiger partial charge is 0.340 e. The molecule has 0 saturated heterocycles. The summed E-state index contributed by atoms with van der Waals surface area (Å²) in [4.78, 5) is 26.9. The van der Waals surface area contributed by atoms with E-state index >= 15 is 0 Å². The molecule has 90 valence electrons. The van der Waals surface area contributed by atoms with Crippen molar-refractivity contribution in [3.8, 4) is 0 Å². The standard InChI is InChI=1S/C12H9N5O.Hg/c18-12(8-4-2-1-3-5-8)17-11-9-10(14-6-13-9)15-7-16-11;/h1-7H,(H2,13,14,15,16,17,18);. The molecule has 3 aromatic rings. The SMILES string of the molecule is O=C(Nc1ncnc2nc[nH]c12)c1ccccc1.[Hg]. The predicted molar refractivity (Wildman–Crippen MR) is 66.1 cm³/mol. The van der Waals surface area contributed by atoms with Crippen molar-refractivity contribution in [1.29, 1.82) is 0 Å². The van der Waals surface area contributed by atoms with Crippen molar-refractivity contribution in [1.82, 2.24) is 19.9 Å². The van der Waals surface area contributed by atoms with E-state index < -0.39 is 0 Å². The van der Waals surface area contributed by atoms with Crippen LogP contribution in [0.15, 0.2) is 43.0 Å². The topological polar surface area (TPSA) is 83.6 Å². The summed E-state index contributed by atoms with van der Waals surface area (Å²) in [5, 5.41) is 2.73. The Morgan fingerprint density at radius 2 is 1.89 bits per heavy atom. The molecule has 7 heteroatoms. The molecule has 2 aromatic heterocycles. The molecule has 1 aromatic carbocycles. The molecule has 0 aliphatic rings. The molecular formula is C12H9HgN5O. The Balaban J connectivity index is 0.00000133. The van der Waals surface area contributed by atoms with Gasteiger partial charge in [-0.15, -0.1) is 0 Å². The van der Waals surface area contributed by atoms with E-state index in [0.29, 0.717) is 22.5 Å². The van der Waals surface area contributed by atoms with Gasteiger partial charge in [0.25, 0.3) is 5.91 Å². The van der Waals surface area contributed by atoms with Crippen molar-refractivity contribution in [2.45, 2.75) is 0 Å². The van der Waals surface area contributed by atoms with Crippen LogP contribution in [0.2, 0.25) is 0 Å². The molecule has 0 fully saturated rings. The smallest absolute Gasteiger partial charge is 0.256 e. The van der Waals surface area contributed by atoms with Gasteiger partial charge in [-0.2, -0.15) is 0 Å². The van der Waals surface area contributed by atoms with Crippen molar-refractivity contribution < 1.29 is 32.5 Å².